The Balaban J connectivity index is 3.39. The topological polar surface area (TPSA) is 52.6 Å². The summed E-state index contributed by atoms with van der Waals surface area (Å²) < 4.78 is 10.5. The molecule has 0 aromatic heterocycles. The molecule has 0 aliphatic carbocycles. The second kappa shape index (κ2) is 29.0. The number of esters is 2. The molecule has 0 radical (unpaired) electrons. The molecule has 0 spiro atoms. The maximum absolute atomic E-state index is 11.8. The molecule has 4 heteroatoms. The van der Waals surface area contributed by atoms with Crippen molar-refractivity contribution >= 4 is 11.9 Å². The number of unbranched alkanes of at least 4 members (excludes halogenated alkanes) is 16. The number of rotatable bonds is 24. The standard InChI is InChI=1S/C32H52O4/c1-3-5-7-9-11-13-15-17-19-21-25-29-35-31(33)27-23-24-28-32(34)36-30-26-22-20-18-16-14-12-10-8-6-4-2/h23-24H,7-22,25-30H2,1-2H3/b24-23+. The average molecular weight is 501 g/mol. The zero-order valence-corrected chi connectivity index (χ0v) is 23.3. The fourth-order valence-electron chi connectivity index (χ4n) is 3.85. The lowest BCUT2D eigenvalue weighted by molar-refractivity contribution is -0.144. The molecular weight excluding hydrogens is 448 g/mol. The molecule has 0 saturated heterocycles. The van der Waals surface area contributed by atoms with Crippen LogP contribution in [0.25, 0.3) is 0 Å². The van der Waals surface area contributed by atoms with Crippen molar-refractivity contribution in [2.45, 2.75) is 142 Å². The molecule has 0 aromatic carbocycles. The van der Waals surface area contributed by atoms with E-state index < -0.39 is 0 Å². The Bertz CT molecular complexity index is 614. The molecule has 0 rings (SSSR count). The SMILES string of the molecule is CC#CCCCCCCCCCCOC(=O)C/C=C/CC(=O)OCCCCCCCCCCC#CC. The van der Waals surface area contributed by atoms with Gasteiger partial charge in [0.1, 0.15) is 0 Å². The maximum Gasteiger partial charge on any atom is 0.309 e. The molecule has 0 heterocycles. The van der Waals surface area contributed by atoms with Gasteiger partial charge in [-0.15, -0.1) is 23.7 Å². The number of ether oxygens (including phenoxy) is 2. The Morgan fingerprint density at radius 1 is 0.500 bits per heavy atom. The quantitative estimate of drug-likeness (QED) is 0.0577. The van der Waals surface area contributed by atoms with Gasteiger partial charge >= 0.3 is 11.9 Å². The van der Waals surface area contributed by atoms with Crippen LogP contribution in [0.3, 0.4) is 0 Å². The van der Waals surface area contributed by atoms with E-state index in [9.17, 15) is 9.59 Å². The molecule has 0 aliphatic rings. The van der Waals surface area contributed by atoms with Gasteiger partial charge in [0.15, 0.2) is 0 Å². The van der Waals surface area contributed by atoms with Gasteiger partial charge in [-0.2, -0.15) is 0 Å². The molecule has 0 atom stereocenters. The van der Waals surface area contributed by atoms with Crippen molar-refractivity contribution in [1.29, 1.82) is 0 Å². The van der Waals surface area contributed by atoms with Crippen LogP contribution >= 0.6 is 0 Å². The minimum absolute atomic E-state index is 0.210. The summed E-state index contributed by atoms with van der Waals surface area (Å²) in [5, 5.41) is 0. The molecule has 204 valence electrons. The normalized spacial score (nSPS) is 10.4. The van der Waals surface area contributed by atoms with E-state index in [-0.39, 0.29) is 24.8 Å². The maximum atomic E-state index is 11.8. The Hall–Kier alpha value is -2.20. The fourth-order valence-corrected chi connectivity index (χ4v) is 3.85. The third-order valence-corrected chi connectivity index (χ3v) is 6.01. The van der Waals surface area contributed by atoms with Gasteiger partial charge in [-0.25, -0.2) is 0 Å². The Morgan fingerprint density at radius 2 is 0.806 bits per heavy atom. The summed E-state index contributed by atoms with van der Waals surface area (Å²) in [4.78, 5) is 23.5. The summed E-state index contributed by atoms with van der Waals surface area (Å²) in [6.07, 6.45) is 24.9. The Kier molecular flexibility index (Phi) is 27.3. The van der Waals surface area contributed by atoms with Crippen LogP contribution in [-0.4, -0.2) is 25.2 Å². The third kappa shape index (κ3) is 28.0. The largest absolute Gasteiger partial charge is 0.465 e. The lowest BCUT2D eigenvalue weighted by atomic mass is 10.1. The Labute approximate surface area is 222 Å². The molecule has 0 N–H and O–H groups in total. The van der Waals surface area contributed by atoms with Gasteiger partial charge < -0.3 is 9.47 Å². The first-order chi connectivity index (χ1) is 17.7. The summed E-state index contributed by atoms with van der Waals surface area (Å²) in [5.74, 6) is 11.6. The second-order valence-electron chi connectivity index (χ2n) is 9.33. The van der Waals surface area contributed by atoms with Crippen LogP contribution in [0.1, 0.15) is 142 Å². The molecule has 0 bridgehead atoms. The highest BCUT2D eigenvalue weighted by Crippen LogP contribution is 2.11. The molecule has 36 heavy (non-hydrogen) atoms. The van der Waals surface area contributed by atoms with E-state index in [0.717, 1.165) is 38.5 Å². The van der Waals surface area contributed by atoms with Crippen LogP contribution in [0, 0.1) is 23.7 Å². The third-order valence-electron chi connectivity index (χ3n) is 6.01. The first-order valence-electron chi connectivity index (χ1n) is 14.5. The summed E-state index contributed by atoms with van der Waals surface area (Å²) >= 11 is 0. The van der Waals surface area contributed by atoms with Gasteiger partial charge in [0.05, 0.1) is 26.1 Å². The van der Waals surface area contributed by atoms with Crippen molar-refractivity contribution in [1.82, 2.24) is 0 Å². The van der Waals surface area contributed by atoms with Crippen molar-refractivity contribution < 1.29 is 19.1 Å². The highest BCUT2D eigenvalue weighted by Gasteiger charge is 2.02. The van der Waals surface area contributed by atoms with E-state index in [4.69, 9.17) is 9.47 Å². The second-order valence-corrected chi connectivity index (χ2v) is 9.33. The van der Waals surface area contributed by atoms with E-state index in [1.54, 1.807) is 12.2 Å². The number of carbonyl (C=O) groups excluding carboxylic acids is 2. The van der Waals surface area contributed by atoms with Crippen LogP contribution < -0.4 is 0 Å². The lowest BCUT2D eigenvalue weighted by Gasteiger charge is -2.04. The number of hydrogen-bond donors (Lipinski definition) is 0. The minimum atomic E-state index is -0.232. The summed E-state index contributed by atoms with van der Waals surface area (Å²) in [6.45, 7) is 4.76. The van der Waals surface area contributed by atoms with Gasteiger partial charge in [-0.05, 0) is 39.5 Å². The van der Waals surface area contributed by atoms with Crippen LogP contribution in [0.4, 0.5) is 0 Å². The van der Waals surface area contributed by atoms with Gasteiger partial charge in [0.25, 0.3) is 0 Å². The molecule has 0 fully saturated rings. The van der Waals surface area contributed by atoms with Crippen molar-refractivity contribution in [3.05, 3.63) is 12.2 Å². The zero-order valence-electron chi connectivity index (χ0n) is 23.3. The highest BCUT2D eigenvalue weighted by atomic mass is 16.5. The van der Waals surface area contributed by atoms with Gasteiger partial charge in [0, 0.05) is 12.8 Å². The minimum Gasteiger partial charge on any atom is -0.465 e. The van der Waals surface area contributed by atoms with Crippen LogP contribution in [0.5, 0.6) is 0 Å². The predicted octanol–water partition coefficient (Wildman–Crippen LogP) is 8.48. The zero-order chi connectivity index (χ0) is 26.4. The summed E-state index contributed by atoms with van der Waals surface area (Å²) in [7, 11) is 0. The highest BCUT2D eigenvalue weighted by molar-refractivity contribution is 5.73. The fraction of sp³-hybridized carbons (Fsp3) is 0.750. The summed E-state index contributed by atoms with van der Waals surface area (Å²) in [5.41, 5.74) is 0. The lowest BCUT2D eigenvalue weighted by Crippen LogP contribution is -2.05. The monoisotopic (exact) mass is 500 g/mol. The van der Waals surface area contributed by atoms with E-state index in [1.165, 1.54) is 77.0 Å². The van der Waals surface area contributed by atoms with E-state index in [0.29, 0.717) is 13.2 Å². The predicted molar refractivity (Wildman–Crippen MR) is 150 cm³/mol. The van der Waals surface area contributed by atoms with Crippen LogP contribution in [0.2, 0.25) is 0 Å². The molecule has 0 aromatic rings. The van der Waals surface area contributed by atoms with Crippen LogP contribution in [-0.2, 0) is 19.1 Å². The van der Waals surface area contributed by atoms with E-state index in [1.807, 2.05) is 13.8 Å². The van der Waals surface area contributed by atoms with Gasteiger partial charge in [0.2, 0.25) is 0 Å². The van der Waals surface area contributed by atoms with Crippen molar-refractivity contribution in [3.63, 3.8) is 0 Å². The van der Waals surface area contributed by atoms with E-state index >= 15 is 0 Å². The molecule has 0 aliphatic heterocycles. The van der Waals surface area contributed by atoms with Crippen molar-refractivity contribution in [2.75, 3.05) is 13.2 Å². The van der Waals surface area contributed by atoms with Crippen LogP contribution in [0.15, 0.2) is 12.2 Å². The molecular formula is C32H52O4. The average Bonchev–Trinajstić information content (AvgIpc) is 2.88. The molecule has 0 unspecified atom stereocenters. The number of carbonyl (C=O) groups is 2. The first-order valence-corrected chi connectivity index (χ1v) is 14.5. The molecule has 4 nitrogen and oxygen atoms in total. The summed E-state index contributed by atoms with van der Waals surface area (Å²) in [6, 6.07) is 0. The van der Waals surface area contributed by atoms with Gasteiger partial charge in [-0.1, -0.05) is 89.2 Å². The molecule has 0 amide bonds. The first kappa shape index (κ1) is 33.8. The Morgan fingerprint density at radius 3 is 1.14 bits per heavy atom. The van der Waals surface area contributed by atoms with E-state index in [2.05, 4.69) is 23.7 Å². The number of hydrogen-bond acceptors (Lipinski definition) is 4. The van der Waals surface area contributed by atoms with Crippen molar-refractivity contribution in [2.24, 2.45) is 0 Å². The van der Waals surface area contributed by atoms with Crippen molar-refractivity contribution in [3.8, 4) is 23.7 Å². The molecule has 0 saturated carbocycles. The smallest absolute Gasteiger partial charge is 0.309 e. The van der Waals surface area contributed by atoms with Gasteiger partial charge in [-0.3, -0.25) is 9.59 Å².